The van der Waals surface area contributed by atoms with Crippen molar-refractivity contribution in [1.29, 1.82) is 0 Å². The number of rotatable bonds is 6. The van der Waals surface area contributed by atoms with Crippen molar-refractivity contribution in [3.63, 3.8) is 0 Å². The fraction of sp³-hybridized carbons (Fsp3) is 0.188. The summed E-state index contributed by atoms with van der Waals surface area (Å²) < 4.78 is 42.6. The average Bonchev–Trinajstić information content (AvgIpc) is 2.57. The Hall–Kier alpha value is -1.69. The third kappa shape index (κ3) is 4.69. The molecule has 0 aliphatic carbocycles. The highest BCUT2D eigenvalue weighted by Crippen LogP contribution is 2.31. The lowest BCUT2D eigenvalue weighted by molar-refractivity contribution is -0.0295. The fourth-order valence-electron chi connectivity index (χ4n) is 2.01. The monoisotopic (exact) mass is 467 g/mol. The zero-order chi connectivity index (χ0) is 18.6. The van der Waals surface area contributed by atoms with Crippen molar-refractivity contribution < 1.29 is 33.0 Å². The van der Waals surface area contributed by atoms with Crippen molar-refractivity contribution in [2.24, 2.45) is 0 Å². The summed E-state index contributed by atoms with van der Waals surface area (Å²) in [5.74, 6) is -4.39. The van der Waals surface area contributed by atoms with E-state index in [4.69, 9.17) is 15.1 Å². The van der Waals surface area contributed by atoms with Gasteiger partial charge in [-0.05, 0) is 46.9 Å². The average molecular weight is 467 g/mol. The van der Waals surface area contributed by atoms with Gasteiger partial charge in [0.2, 0.25) is 0 Å². The third-order valence-electron chi connectivity index (χ3n) is 3.19. The molecule has 1 atom stereocenters. The first-order chi connectivity index (χ1) is 11.8. The van der Waals surface area contributed by atoms with Gasteiger partial charge in [-0.15, -0.1) is 0 Å². The molecule has 2 aromatic rings. The number of nitrogens with one attached hydrogen (secondary N) is 1. The minimum Gasteiger partial charge on any atom is -0.394 e. The molecule has 0 aromatic heterocycles. The fourth-order valence-corrected chi connectivity index (χ4v) is 2.46. The Morgan fingerprint density at radius 3 is 2.56 bits per heavy atom. The summed E-state index contributed by atoms with van der Waals surface area (Å²) in [5.41, 5.74) is 0.756. The SMILES string of the molecule is O=C(NOC[C@H](O)CO)c1ccc(F)c(F)c1-c1ccc(I)cc1F. The van der Waals surface area contributed by atoms with Gasteiger partial charge in [-0.1, -0.05) is 6.07 Å². The lowest BCUT2D eigenvalue weighted by Crippen LogP contribution is -2.30. The topological polar surface area (TPSA) is 78.8 Å². The van der Waals surface area contributed by atoms with Crippen molar-refractivity contribution in [2.45, 2.75) is 6.10 Å². The van der Waals surface area contributed by atoms with E-state index in [1.165, 1.54) is 12.1 Å². The molecule has 0 bridgehead atoms. The molecule has 0 radical (unpaired) electrons. The van der Waals surface area contributed by atoms with Gasteiger partial charge in [0, 0.05) is 14.7 Å². The predicted octanol–water partition coefficient (Wildman–Crippen LogP) is 2.39. The van der Waals surface area contributed by atoms with Crippen molar-refractivity contribution in [3.05, 3.63) is 56.9 Å². The maximum absolute atomic E-state index is 14.3. The van der Waals surface area contributed by atoms with E-state index in [-0.39, 0.29) is 11.1 Å². The molecule has 0 saturated heterocycles. The van der Waals surface area contributed by atoms with E-state index in [2.05, 4.69) is 0 Å². The van der Waals surface area contributed by atoms with Gasteiger partial charge in [-0.2, -0.15) is 0 Å². The molecule has 2 rings (SSSR count). The molecule has 5 nitrogen and oxygen atoms in total. The van der Waals surface area contributed by atoms with Gasteiger partial charge < -0.3 is 10.2 Å². The number of aliphatic hydroxyl groups is 2. The van der Waals surface area contributed by atoms with Crippen molar-refractivity contribution >= 4 is 28.5 Å². The Balaban J connectivity index is 2.39. The zero-order valence-electron chi connectivity index (χ0n) is 12.6. The summed E-state index contributed by atoms with van der Waals surface area (Å²) in [6, 6.07) is 5.57. The van der Waals surface area contributed by atoms with Crippen molar-refractivity contribution in [1.82, 2.24) is 5.48 Å². The summed E-state index contributed by atoms with van der Waals surface area (Å²) in [6.07, 6.45) is -1.22. The minimum absolute atomic E-state index is 0.280. The van der Waals surface area contributed by atoms with Gasteiger partial charge in [0.25, 0.3) is 5.91 Å². The highest BCUT2D eigenvalue weighted by molar-refractivity contribution is 14.1. The third-order valence-corrected chi connectivity index (χ3v) is 3.86. The summed E-state index contributed by atoms with van der Waals surface area (Å²) in [4.78, 5) is 16.8. The van der Waals surface area contributed by atoms with E-state index in [0.29, 0.717) is 3.57 Å². The van der Waals surface area contributed by atoms with Crippen LogP contribution in [0.15, 0.2) is 30.3 Å². The van der Waals surface area contributed by atoms with Crippen LogP contribution in [0, 0.1) is 21.0 Å². The Kier molecular flexibility index (Phi) is 6.76. The zero-order valence-corrected chi connectivity index (χ0v) is 14.8. The molecule has 0 heterocycles. The molecule has 0 spiro atoms. The maximum atomic E-state index is 14.3. The smallest absolute Gasteiger partial charge is 0.275 e. The van der Waals surface area contributed by atoms with Crippen LogP contribution in [-0.2, 0) is 4.84 Å². The minimum atomic E-state index is -1.37. The summed E-state index contributed by atoms with van der Waals surface area (Å²) in [7, 11) is 0. The lowest BCUT2D eigenvalue weighted by atomic mass is 9.98. The number of hydrogen-bond acceptors (Lipinski definition) is 4. The molecular weight excluding hydrogens is 454 g/mol. The largest absolute Gasteiger partial charge is 0.394 e. The first-order valence-corrected chi connectivity index (χ1v) is 8.07. The molecule has 0 unspecified atom stereocenters. The first kappa shape index (κ1) is 19.6. The molecule has 3 N–H and O–H groups in total. The second-order valence-corrected chi connectivity index (χ2v) is 6.23. The van der Waals surface area contributed by atoms with Crippen molar-refractivity contribution in [2.75, 3.05) is 13.2 Å². The van der Waals surface area contributed by atoms with E-state index in [1.807, 2.05) is 28.1 Å². The molecule has 134 valence electrons. The molecular formula is C16H13F3INO4. The highest BCUT2D eigenvalue weighted by atomic mass is 127. The number of carbonyl (C=O) groups is 1. The van der Waals surface area contributed by atoms with Crippen LogP contribution in [0.2, 0.25) is 0 Å². The van der Waals surface area contributed by atoms with Crippen LogP contribution in [0.3, 0.4) is 0 Å². The Labute approximate surface area is 154 Å². The Bertz CT molecular complexity index is 788. The lowest BCUT2D eigenvalue weighted by Gasteiger charge is -2.13. The van der Waals surface area contributed by atoms with Crippen LogP contribution in [0.4, 0.5) is 13.2 Å². The molecule has 0 fully saturated rings. The van der Waals surface area contributed by atoms with Gasteiger partial charge in [0.1, 0.15) is 18.5 Å². The predicted molar refractivity (Wildman–Crippen MR) is 91.0 cm³/mol. The van der Waals surface area contributed by atoms with Gasteiger partial charge >= 0.3 is 0 Å². The Morgan fingerprint density at radius 2 is 1.92 bits per heavy atom. The molecule has 0 saturated carbocycles. The van der Waals surface area contributed by atoms with Crippen LogP contribution < -0.4 is 5.48 Å². The first-order valence-electron chi connectivity index (χ1n) is 6.99. The van der Waals surface area contributed by atoms with Crippen molar-refractivity contribution in [3.8, 4) is 11.1 Å². The van der Waals surface area contributed by atoms with Crippen LogP contribution in [0.25, 0.3) is 11.1 Å². The summed E-state index contributed by atoms with van der Waals surface area (Å²) in [5, 5.41) is 17.8. The second kappa shape index (κ2) is 8.61. The standard InChI is InChI=1S/C16H13F3INO4/c17-12-4-3-11(16(24)21-25-7-9(23)6-22)14(15(12)19)10-2-1-8(20)5-13(10)18/h1-5,9,22-23H,6-7H2,(H,21,24)/t9-/m1/s1. The van der Waals surface area contributed by atoms with E-state index in [1.54, 1.807) is 0 Å². The molecule has 25 heavy (non-hydrogen) atoms. The van der Waals surface area contributed by atoms with Gasteiger partial charge in [0.15, 0.2) is 11.6 Å². The van der Waals surface area contributed by atoms with Crippen LogP contribution in [0.1, 0.15) is 10.4 Å². The molecule has 9 heteroatoms. The van der Waals surface area contributed by atoms with Gasteiger partial charge in [-0.25, -0.2) is 18.7 Å². The number of halogens is 4. The number of carbonyl (C=O) groups excluding carboxylic acids is 1. The Morgan fingerprint density at radius 1 is 1.20 bits per heavy atom. The quantitative estimate of drug-likeness (QED) is 0.451. The number of hydrogen-bond donors (Lipinski definition) is 3. The van der Waals surface area contributed by atoms with Gasteiger partial charge in [0.05, 0.1) is 12.2 Å². The molecule has 2 aromatic carbocycles. The summed E-state index contributed by atoms with van der Waals surface area (Å²) >= 11 is 1.86. The molecule has 0 aliphatic heterocycles. The maximum Gasteiger partial charge on any atom is 0.275 e. The van der Waals surface area contributed by atoms with Crippen LogP contribution in [0.5, 0.6) is 0 Å². The second-order valence-electron chi connectivity index (χ2n) is 4.99. The number of aliphatic hydroxyl groups excluding tert-OH is 2. The van der Waals surface area contributed by atoms with E-state index in [9.17, 15) is 18.0 Å². The van der Waals surface area contributed by atoms with Crippen LogP contribution >= 0.6 is 22.6 Å². The highest BCUT2D eigenvalue weighted by Gasteiger charge is 2.22. The normalized spacial score (nSPS) is 12.1. The van der Waals surface area contributed by atoms with E-state index < -0.39 is 48.2 Å². The van der Waals surface area contributed by atoms with Gasteiger partial charge in [-0.3, -0.25) is 9.63 Å². The van der Waals surface area contributed by atoms with E-state index >= 15 is 0 Å². The van der Waals surface area contributed by atoms with E-state index in [0.717, 1.165) is 18.2 Å². The van der Waals surface area contributed by atoms with Crippen LogP contribution in [-0.4, -0.2) is 35.4 Å². The number of benzene rings is 2. The molecule has 1 amide bonds. The number of hydroxylamine groups is 1. The number of amides is 1. The summed E-state index contributed by atoms with van der Waals surface area (Å²) in [6.45, 7) is -1.00. The molecule has 0 aliphatic rings.